The minimum absolute atomic E-state index is 0.359. The Hall–Kier alpha value is -2.18. The van der Waals surface area contributed by atoms with E-state index in [1.54, 1.807) is 0 Å². The smallest absolute Gasteiger partial charge is 0.140 e. The third-order valence-corrected chi connectivity index (χ3v) is 4.10. The number of anilines is 2. The molecule has 2 aromatic rings. The predicted octanol–water partition coefficient (Wildman–Crippen LogP) is 4.01. The van der Waals surface area contributed by atoms with E-state index in [-0.39, 0.29) is 6.04 Å². The van der Waals surface area contributed by atoms with Gasteiger partial charge in [0.1, 0.15) is 6.04 Å². The highest BCUT2D eigenvalue weighted by Crippen LogP contribution is 2.30. The molecule has 0 bridgehead atoms. The molecule has 4 heteroatoms. The van der Waals surface area contributed by atoms with Crippen LogP contribution in [-0.2, 0) is 6.42 Å². The lowest BCUT2D eigenvalue weighted by Crippen LogP contribution is -2.12. The van der Waals surface area contributed by atoms with Crippen molar-refractivity contribution in [3.63, 3.8) is 0 Å². The molecular weight excluding hydrogens is 282 g/mol. The SMILES string of the molecule is CN1CCc2cc(C(C#N)Nc3ccc(Cl)cc3)ccc21. The Morgan fingerprint density at radius 3 is 2.71 bits per heavy atom. The summed E-state index contributed by atoms with van der Waals surface area (Å²) < 4.78 is 0. The van der Waals surface area contributed by atoms with E-state index in [1.807, 2.05) is 30.3 Å². The van der Waals surface area contributed by atoms with Crippen LogP contribution in [0.5, 0.6) is 0 Å². The van der Waals surface area contributed by atoms with Gasteiger partial charge in [0.15, 0.2) is 0 Å². The van der Waals surface area contributed by atoms with Crippen LogP contribution in [0.25, 0.3) is 0 Å². The maximum Gasteiger partial charge on any atom is 0.140 e. The van der Waals surface area contributed by atoms with E-state index in [2.05, 4.69) is 35.5 Å². The van der Waals surface area contributed by atoms with E-state index in [4.69, 9.17) is 11.6 Å². The first-order chi connectivity index (χ1) is 10.2. The Labute approximate surface area is 129 Å². The molecule has 3 nitrogen and oxygen atoms in total. The second-order valence-electron chi connectivity index (χ2n) is 5.27. The second kappa shape index (κ2) is 5.67. The van der Waals surface area contributed by atoms with Crippen LogP contribution in [0.4, 0.5) is 11.4 Å². The van der Waals surface area contributed by atoms with Crippen molar-refractivity contribution in [3.8, 4) is 6.07 Å². The molecule has 0 saturated heterocycles. The number of rotatable bonds is 3. The van der Waals surface area contributed by atoms with Gasteiger partial charge in [-0.1, -0.05) is 23.7 Å². The van der Waals surface area contributed by atoms with Crippen LogP contribution >= 0.6 is 11.6 Å². The maximum absolute atomic E-state index is 9.45. The molecule has 3 rings (SSSR count). The molecule has 0 aliphatic carbocycles. The van der Waals surface area contributed by atoms with Crippen LogP contribution in [0.3, 0.4) is 0 Å². The average molecular weight is 298 g/mol. The van der Waals surface area contributed by atoms with Gasteiger partial charge in [0, 0.05) is 30.0 Å². The summed E-state index contributed by atoms with van der Waals surface area (Å²) in [4.78, 5) is 2.24. The van der Waals surface area contributed by atoms with Crippen molar-refractivity contribution in [3.05, 3.63) is 58.6 Å². The van der Waals surface area contributed by atoms with Crippen molar-refractivity contribution in [2.75, 3.05) is 23.8 Å². The van der Waals surface area contributed by atoms with Crippen LogP contribution in [0.1, 0.15) is 17.2 Å². The minimum Gasteiger partial charge on any atom is -0.374 e. The summed E-state index contributed by atoms with van der Waals surface area (Å²) >= 11 is 5.88. The third-order valence-electron chi connectivity index (χ3n) is 3.85. The fourth-order valence-electron chi connectivity index (χ4n) is 2.67. The molecular formula is C17H16ClN3. The molecule has 1 unspecified atom stereocenters. The van der Waals surface area contributed by atoms with E-state index in [0.717, 1.165) is 24.2 Å². The fourth-order valence-corrected chi connectivity index (χ4v) is 2.80. The molecule has 106 valence electrons. The molecule has 1 atom stereocenters. The molecule has 0 radical (unpaired) electrons. The van der Waals surface area contributed by atoms with Crippen LogP contribution in [0.15, 0.2) is 42.5 Å². The number of hydrogen-bond acceptors (Lipinski definition) is 3. The first-order valence-electron chi connectivity index (χ1n) is 6.93. The first-order valence-corrected chi connectivity index (χ1v) is 7.31. The molecule has 1 N–H and O–H groups in total. The van der Waals surface area contributed by atoms with E-state index >= 15 is 0 Å². The zero-order valence-electron chi connectivity index (χ0n) is 11.8. The molecule has 0 amide bonds. The Bertz CT molecular complexity index is 688. The number of nitriles is 1. The number of fused-ring (bicyclic) bond motifs is 1. The van der Waals surface area contributed by atoms with Gasteiger partial charge < -0.3 is 10.2 Å². The highest BCUT2D eigenvalue weighted by Gasteiger charge is 2.18. The number of benzene rings is 2. The highest BCUT2D eigenvalue weighted by molar-refractivity contribution is 6.30. The molecule has 1 aliphatic rings. The monoisotopic (exact) mass is 297 g/mol. The van der Waals surface area contributed by atoms with Crippen LogP contribution in [-0.4, -0.2) is 13.6 Å². The summed E-state index contributed by atoms with van der Waals surface area (Å²) in [6.45, 7) is 1.04. The van der Waals surface area contributed by atoms with Crippen molar-refractivity contribution in [2.45, 2.75) is 12.5 Å². The van der Waals surface area contributed by atoms with Crippen molar-refractivity contribution < 1.29 is 0 Å². The fraction of sp³-hybridized carbons (Fsp3) is 0.235. The Balaban J connectivity index is 1.84. The zero-order valence-corrected chi connectivity index (χ0v) is 12.6. The second-order valence-corrected chi connectivity index (χ2v) is 5.71. The minimum atomic E-state index is -0.359. The topological polar surface area (TPSA) is 39.1 Å². The van der Waals surface area contributed by atoms with E-state index in [0.29, 0.717) is 5.02 Å². The predicted molar refractivity (Wildman–Crippen MR) is 86.8 cm³/mol. The molecule has 2 aromatic carbocycles. The lowest BCUT2D eigenvalue weighted by molar-refractivity contribution is 0.954. The van der Waals surface area contributed by atoms with E-state index in [1.165, 1.54) is 11.3 Å². The van der Waals surface area contributed by atoms with Gasteiger partial charge in [-0.25, -0.2) is 0 Å². The van der Waals surface area contributed by atoms with Gasteiger partial charge >= 0.3 is 0 Å². The van der Waals surface area contributed by atoms with Gasteiger partial charge in [0.2, 0.25) is 0 Å². The largest absolute Gasteiger partial charge is 0.374 e. The summed E-state index contributed by atoms with van der Waals surface area (Å²) in [6, 6.07) is 15.6. The number of nitrogens with zero attached hydrogens (tertiary/aromatic N) is 2. The van der Waals surface area contributed by atoms with E-state index < -0.39 is 0 Å². The summed E-state index contributed by atoms with van der Waals surface area (Å²) in [5.74, 6) is 0. The maximum atomic E-state index is 9.45. The van der Waals surface area contributed by atoms with Gasteiger partial charge in [-0.05, 0) is 47.9 Å². The number of likely N-dealkylation sites (N-methyl/N-ethyl adjacent to an activating group) is 1. The molecule has 0 fully saturated rings. The standard InChI is InChI=1S/C17H16ClN3/c1-21-9-8-13-10-12(2-7-17(13)21)16(11-19)20-15-5-3-14(18)4-6-15/h2-7,10,16,20H,8-9H2,1H3. The lowest BCUT2D eigenvalue weighted by atomic mass is 10.0. The van der Waals surface area contributed by atoms with Gasteiger partial charge in [-0.15, -0.1) is 0 Å². The highest BCUT2D eigenvalue weighted by atomic mass is 35.5. The Kier molecular flexibility index (Phi) is 3.72. The Morgan fingerprint density at radius 1 is 1.24 bits per heavy atom. The van der Waals surface area contributed by atoms with Crippen molar-refractivity contribution in [1.82, 2.24) is 0 Å². The molecule has 21 heavy (non-hydrogen) atoms. The summed E-state index contributed by atoms with van der Waals surface area (Å²) in [5, 5.41) is 13.4. The molecule has 1 heterocycles. The number of hydrogen-bond donors (Lipinski definition) is 1. The van der Waals surface area contributed by atoms with Crippen molar-refractivity contribution in [1.29, 1.82) is 5.26 Å². The van der Waals surface area contributed by atoms with Crippen molar-refractivity contribution >= 4 is 23.0 Å². The number of halogens is 1. The average Bonchev–Trinajstić information content (AvgIpc) is 2.87. The molecule has 1 aliphatic heterocycles. The molecule has 0 spiro atoms. The van der Waals surface area contributed by atoms with Gasteiger partial charge in [0.05, 0.1) is 6.07 Å². The number of nitrogens with one attached hydrogen (secondary N) is 1. The van der Waals surface area contributed by atoms with Crippen LogP contribution < -0.4 is 10.2 Å². The first kappa shape index (κ1) is 13.8. The summed E-state index contributed by atoms with van der Waals surface area (Å²) in [6.07, 6.45) is 1.04. The van der Waals surface area contributed by atoms with Gasteiger partial charge in [0.25, 0.3) is 0 Å². The van der Waals surface area contributed by atoms with E-state index in [9.17, 15) is 5.26 Å². The third kappa shape index (κ3) is 2.81. The van der Waals surface area contributed by atoms with Crippen molar-refractivity contribution in [2.24, 2.45) is 0 Å². The van der Waals surface area contributed by atoms with Gasteiger partial charge in [-0.3, -0.25) is 0 Å². The van der Waals surface area contributed by atoms with Crippen LogP contribution in [0, 0.1) is 11.3 Å². The molecule has 0 aromatic heterocycles. The summed E-state index contributed by atoms with van der Waals surface area (Å²) in [5.41, 5.74) is 4.47. The van der Waals surface area contributed by atoms with Gasteiger partial charge in [-0.2, -0.15) is 5.26 Å². The normalized spacial score (nSPS) is 14.4. The lowest BCUT2D eigenvalue weighted by Gasteiger charge is -2.16. The zero-order chi connectivity index (χ0) is 14.8. The summed E-state index contributed by atoms with van der Waals surface area (Å²) in [7, 11) is 2.10. The Morgan fingerprint density at radius 2 is 2.00 bits per heavy atom. The quantitative estimate of drug-likeness (QED) is 0.930. The van der Waals surface area contributed by atoms with Crippen LogP contribution in [0.2, 0.25) is 5.02 Å². The molecule has 0 saturated carbocycles.